The van der Waals surface area contributed by atoms with Crippen molar-refractivity contribution in [3.63, 3.8) is 0 Å². The first-order chi connectivity index (χ1) is 13.5. The van der Waals surface area contributed by atoms with Gasteiger partial charge in [-0.25, -0.2) is 4.79 Å². The number of carbonyl (C=O) groups excluding carboxylic acids is 1. The molecular weight excluding hydrogens is 364 g/mol. The molecule has 1 aromatic heterocycles. The number of hydrogen-bond donors (Lipinski definition) is 1. The molecule has 0 radical (unpaired) electrons. The molecule has 1 N–H and O–H groups in total. The molecule has 0 spiro atoms. The summed E-state index contributed by atoms with van der Waals surface area (Å²) in [6, 6.07) is 7.54. The van der Waals surface area contributed by atoms with Crippen molar-refractivity contribution in [1.82, 2.24) is 9.55 Å². The number of esters is 1. The first-order valence-corrected chi connectivity index (χ1v) is 9.25. The van der Waals surface area contributed by atoms with Crippen LogP contribution in [-0.2, 0) is 27.4 Å². The minimum absolute atomic E-state index is 0.0515. The summed E-state index contributed by atoms with van der Waals surface area (Å²) >= 11 is 0. The quantitative estimate of drug-likeness (QED) is 0.464. The van der Waals surface area contributed by atoms with Crippen LogP contribution in [0.3, 0.4) is 0 Å². The predicted octanol–water partition coefficient (Wildman–Crippen LogP) is 1.84. The van der Waals surface area contributed by atoms with E-state index in [1.165, 1.54) is 17.7 Å². The zero-order valence-corrected chi connectivity index (χ0v) is 16.2. The molecule has 0 unspecified atom stereocenters. The number of carbonyl (C=O) groups is 1. The van der Waals surface area contributed by atoms with Gasteiger partial charge in [0, 0.05) is 25.1 Å². The van der Waals surface area contributed by atoms with Crippen LogP contribution in [0.2, 0.25) is 0 Å². The highest BCUT2D eigenvalue weighted by atomic mass is 16.6. The maximum Gasteiger partial charge on any atom is 0.330 e. The van der Waals surface area contributed by atoms with E-state index >= 15 is 0 Å². The van der Waals surface area contributed by atoms with Gasteiger partial charge in [-0.15, -0.1) is 0 Å². The highest BCUT2D eigenvalue weighted by Gasteiger charge is 2.07. The normalized spacial score (nSPS) is 10.6. The van der Waals surface area contributed by atoms with Crippen LogP contribution in [0.1, 0.15) is 37.8 Å². The molecule has 0 bridgehead atoms. The Morgan fingerprint density at radius 1 is 1.18 bits per heavy atom. The van der Waals surface area contributed by atoms with E-state index in [2.05, 4.69) is 11.9 Å². The number of H-pyrrole nitrogens is 1. The average Bonchev–Trinajstić information content (AvgIpc) is 2.65. The first-order valence-electron chi connectivity index (χ1n) is 9.25. The zero-order valence-electron chi connectivity index (χ0n) is 16.2. The maximum absolute atomic E-state index is 12.1. The molecule has 152 valence electrons. The van der Waals surface area contributed by atoms with Crippen molar-refractivity contribution in [2.75, 3.05) is 19.8 Å². The van der Waals surface area contributed by atoms with Crippen LogP contribution in [0.4, 0.5) is 0 Å². The van der Waals surface area contributed by atoms with Gasteiger partial charge in [0.05, 0.1) is 13.2 Å². The second kappa shape index (κ2) is 11.1. The SMILES string of the molecule is CCCCOc1cccc(Cc2cn(COCCOC(C)=O)c(=O)[nH]c2=O)c1. The van der Waals surface area contributed by atoms with Gasteiger partial charge in [0.15, 0.2) is 0 Å². The Kier molecular flexibility index (Phi) is 8.48. The number of ether oxygens (including phenoxy) is 3. The van der Waals surface area contributed by atoms with Gasteiger partial charge >= 0.3 is 11.7 Å². The van der Waals surface area contributed by atoms with E-state index in [4.69, 9.17) is 14.2 Å². The molecule has 1 heterocycles. The van der Waals surface area contributed by atoms with E-state index in [9.17, 15) is 14.4 Å². The van der Waals surface area contributed by atoms with E-state index < -0.39 is 17.2 Å². The second-order valence-electron chi connectivity index (χ2n) is 6.29. The fourth-order valence-electron chi connectivity index (χ4n) is 2.48. The third-order valence-corrected chi connectivity index (χ3v) is 3.91. The Balaban J connectivity index is 2.03. The fraction of sp³-hybridized carbons (Fsp3) is 0.450. The van der Waals surface area contributed by atoms with E-state index in [1.807, 2.05) is 24.3 Å². The maximum atomic E-state index is 12.1. The van der Waals surface area contributed by atoms with Crippen molar-refractivity contribution in [3.8, 4) is 5.75 Å². The minimum atomic E-state index is -0.558. The van der Waals surface area contributed by atoms with Crippen LogP contribution in [0, 0.1) is 0 Å². The molecule has 0 aliphatic rings. The van der Waals surface area contributed by atoms with Crippen molar-refractivity contribution in [3.05, 3.63) is 62.4 Å². The summed E-state index contributed by atoms with van der Waals surface area (Å²) in [6.45, 7) is 4.26. The van der Waals surface area contributed by atoms with Crippen LogP contribution < -0.4 is 16.0 Å². The number of nitrogens with one attached hydrogen (secondary N) is 1. The largest absolute Gasteiger partial charge is 0.494 e. The lowest BCUT2D eigenvalue weighted by atomic mass is 10.1. The van der Waals surface area contributed by atoms with Gasteiger partial charge in [-0.1, -0.05) is 25.5 Å². The molecule has 8 nitrogen and oxygen atoms in total. The molecule has 0 aliphatic heterocycles. The molecule has 2 rings (SSSR count). The van der Waals surface area contributed by atoms with Crippen molar-refractivity contribution >= 4 is 5.97 Å². The average molecular weight is 390 g/mol. The number of rotatable bonds is 11. The van der Waals surface area contributed by atoms with Gasteiger partial charge in [0.25, 0.3) is 5.56 Å². The smallest absolute Gasteiger partial charge is 0.330 e. The Morgan fingerprint density at radius 3 is 2.75 bits per heavy atom. The van der Waals surface area contributed by atoms with Crippen molar-refractivity contribution in [1.29, 1.82) is 0 Å². The topological polar surface area (TPSA) is 99.6 Å². The molecule has 0 saturated carbocycles. The highest BCUT2D eigenvalue weighted by Crippen LogP contribution is 2.15. The first kappa shape index (κ1) is 21.4. The van der Waals surface area contributed by atoms with Crippen LogP contribution >= 0.6 is 0 Å². The standard InChI is InChI=1S/C20H26N2O6/c1-3-4-8-28-18-7-5-6-16(12-18)11-17-13-22(20(25)21-19(17)24)14-26-9-10-27-15(2)23/h5-7,12-13H,3-4,8-11,14H2,1-2H3,(H,21,24,25). The Labute approximate surface area is 163 Å². The lowest BCUT2D eigenvalue weighted by Gasteiger charge is -2.10. The molecular formula is C20H26N2O6. The summed E-state index contributed by atoms with van der Waals surface area (Å²) in [5.41, 5.74) is 0.353. The summed E-state index contributed by atoms with van der Waals surface area (Å²) in [6.07, 6.45) is 3.87. The number of hydrogen-bond acceptors (Lipinski definition) is 6. The molecule has 0 atom stereocenters. The summed E-state index contributed by atoms with van der Waals surface area (Å²) in [5.74, 6) is 0.359. The third kappa shape index (κ3) is 7.03. The number of nitrogens with zero attached hydrogens (tertiary/aromatic N) is 1. The van der Waals surface area contributed by atoms with Gasteiger partial charge in [-0.05, 0) is 24.1 Å². The van der Waals surface area contributed by atoms with E-state index in [0.717, 1.165) is 24.2 Å². The van der Waals surface area contributed by atoms with Gasteiger partial charge in [-0.3, -0.25) is 19.1 Å². The minimum Gasteiger partial charge on any atom is -0.494 e. The Morgan fingerprint density at radius 2 is 2.00 bits per heavy atom. The van der Waals surface area contributed by atoms with Crippen LogP contribution in [0.15, 0.2) is 40.1 Å². The van der Waals surface area contributed by atoms with Crippen molar-refractivity contribution in [2.45, 2.75) is 39.8 Å². The van der Waals surface area contributed by atoms with Gasteiger partial charge in [-0.2, -0.15) is 0 Å². The summed E-state index contributed by atoms with van der Waals surface area (Å²) < 4.78 is 17.0. The monoisotopic (exact) mass is 390 g/mol. The Hall–Kier alpha value is -2.87. The number of aromatic amines is 1. The highest BCUT2D eigenvalue weighted by molar-refractivity contribution is 5.65. The molecule has 0 amide bonds. The van der Waals surface area contributed by atoms with Gasteiger partial charge in [0.2, 0.25) is 0 Å². The van der Waals surface area contributed by atoms with E-state index in [-0.39, 0.29) is 19.9 Å². The predicted molar refractivity (Wildman–Crippen MR) is 104 cm³/mol. The summed E-state index contributed by atoms with van der Waals surface area (Å²) in [4.78, 5) is 37.1. The molecule has 0 fully saturated rings. The summed E-state index contributed by atoms with van der Waals surface area (Å²) in [7, 11) is 0. The molecule has 2 aromatic rings. The molecule has 28 heavy (non-hydrogen) atoms. The number of unbranched alkanes of at least 4 members (excludes halogenated alkanes) is 1. The van der Waals surface area contributed by atoms with Crippen molar-refractivity contribution in [2.24, 2.45) is 0 Å². The molecule has 8 heteroatoms. The molecule has 0 aliphatic carbocycles. The Bertz CT molecular complexity index is 887. The van der Waals surface area contributed by atoms with Crippen LogP contribution in [-0.4, -0.2) is 35.3 Å². The molecule has 1 aromatic carbocycles. The van der Waals surface area contributed by atoms with Crippen LogP contribution in [0.25, 0.3) is 0 Å². The number of aromatic nitrogens is 2. The van der Waals surface area contributed by atoms with Gasteiger partial charge in [0.1, 0.15) is 19.1 Å². The van der Waals surface area contributed by atoms with Gasteiger partial charge < -0.3 is 14.2 Å². The lowest BCUT2D eigenvalue weighted by Crippen LogP contribution is -2.32. The summed E-state index contributed by atoms with van der Waals surface area (Å²) in [5, 5.41) is 0. The lowest BCUT2D eigenvalue weighted by molar-refractivity contribution is -0.142. The fourth-order valence-corrected chi connectivity index (χ4v) is 2.48. The van der Waals surface area contributed by atoms with E-state index in [0.29, 0.717) is 18.6 Å². The van der Waals surface area contributed by atoms with Crippen LogP contribution in [0.5, 0.6) is 5.75 Å². The zero-order chi connectivity index (χ0) is 20.4. The number of benzene rings is 1. The van der Waals surface area contributed by atoms with Crippen molar-refractivity contribution < 1.29 is 19.0 Å². The third-order valence-electron chi connectivity index (χ3n) is 3.91. The second-order valence-corrected chi connectivity index (χ2v) is 6.29. The van der Waals surface area contributed by atoms with E-state index in [1.54, 1.807) is 0 Å². The molecule has 0 saturated heterocycles.